The van der Waals surface area contributed by atoms with E-state index in [0.717, 1.165) is 52.7 Å². The average molecular weight is 332 g/mol. The Hall–Kier alpha value is -1.35. The Morgan fingerprint density at radius 2 is 1.75 bits per heavy atom. The van der Waals surface area contributed by atoms with E-state index < -0.39 is 0 Å². The van der Waals surface area contributed by atoms with Gasteiger partial charge in [-0.25, -0.2) is 0 Å². The molecular weight excluding hydrogens is 314 g/mol. The normalized spacial score (nSPS) is 16.6. The quantitative estimate of drug-likeness (QED) is 0.754. The molecule has 2 aromatic rings. The van der Waals surface area contributed by atoms with Crippen LogP contribution in [-0.2, 0) is 0 Å². The Labute approximate surface area is 127 Å². The van der Waals surface area contributed by atoms with Crippen LogP contribution >= 0.6 is 15.9 Å². The number of rotatable bonds is 1. The van der Waals surface area contributed by atoms with Gasteiger partial charge < -0.3 is 4.90 Å². The molecule has 1 aliphatic rings. The predicted molar refractivity (Wildman–Crippen MR) is 85.9 cm³/mol. The van der Waals surface area contributed by atoms with Crippen molar-refractivity contribution in [2.75, 3.05) is 13.1 Å². The fourth-order valence-electron chi connectivity index (χ4n) is 2.74. The molecule has 1 fully saturated rings. The maximum Gasteiger partial charge on any atom is 0.253 e. The van der Waals surface area contributed by atoms with E-state index in [1.54, 1.807) is 0 Å². The van der Waals surface area contributed by atoms with E-state index in [1.807, 2.05) is 29.2 Å². The van der Waals surface area contributed by atoms with Gasteiger partial charge in [0, 0.05) is 23.1 Å². The highest BCUT2D eigenvalue weighted by Gasteiger charge is 2.21. The summed E-state index contributed by atoms with van der Waals surface area (Å²) < 4.78 is 1.06. The minimum Gasteiger partial charge on any atom is -0.339 e. The Morgan fingerprint density at radius 3 is 2.50 bits per heavy atom. The van der Waals surface area contributed by atoms with Crippen LogP contribution in [0.4, 0.5) is 0 Å². The molecule has 104 valence electrons. The number of hydrogen-bond donors (Lipinski definition) is 0. The largest absolute Gasteiger partial charge is 0.339 e. The number of halogens is 1. The van der Waals surface area contributed by atoms with Crippen molar-refractivity contribution in [1.29, 1.82) is 0 Å². The van der Waals surface area contributed by atoms with E-state index in [9.17, 15) is 4.79 Å². The number of carbonyl (C=O) groups excluding carboxylic acids is 1. The summed E-state index contributed by atoms with van der Waals surface area (Å²) in [6.45, 7) is 4.03. The second-order valence-electron chi connectivity index (χ2n) is 5.68. The molecule has 1 aliphatic heterocycles. The minimum absolute atomic E-state index is 0.168. The lowest BCUT2D eigenvalue weighted by Crippen LogP contribution is -2.37. The lowest BCUT2D eigenvalue weighted by molar-refractivity contribution is 0.0697. The standard InChI is InChI=1S/C17H18BrNO/c1-12-6-8-19(9-7-12)17(20)15-3-2-14-11-16(18)5-4-13(14)10-15/h2-5,10-12H,6-9H2,1H3. The molecule has 0 saturated carbocycles. The van der Waals surface area contributed by atoms with Crippen LogP contribution in [0.1, 0.15) is 30.1 Å². The Bertz CT molecular complexity index is 644. The summed E-state index contributed by atoms with van der Waals surface area (Å²) in [6, 6.07) is 12.1. The number of benzene rings is 2. The zero-order valence-corrected chi connectivity index (χ0v) is 13.2. The molecule has 1 heterocycles. The van der Waals surface area contributed by atoms with Gasteiger partial charge in [-0.15, -0.1) is 0 Å². The highest BCUT2D eigenvalue weighted by Crippen LogP contribution is 2.23. The molecule has 3 rings (SSSR count). The summed E-state index contributed by atoms with van der Waals surface area (Å²) in [5.74, 6) is 0.912. The first-order valence-corrected chi connectivity index (χ1v) is 7.91. The van der Waals surface area contributed by atoms with Gasteiger partial charge in [0.1, 0.15) is 0 Å². The Balaban J connectivity index is 1.86. The van der Waals surface area contributed by atoms with Gasteiger partial charge in [0.05, 0.1) is 0 Å². The number of nitrogens with zero attached hydrogens (tertiary/aromatic N) is 1. The number of piperidine rings is 1. The number of carbonyl (C=O) groups is 1. The van der Waals surface area contributed by atoms with Crippen molar-refractivity contribution in [3.63, 3.8) is 0 Å². The van der Waals surface area contributed by atoms with Crippen LogP contribution in [0.2, 0.25) is 0 Å². The van der Waals surface area contributed by atoms with Crippen molar-refractivity contribution in [3.05, 3.63) is 46.4 Å². The SMILES string of the molecule is CC1CCN(C(=O)c2ccc3cc(Br)ccc3c2)CC1. The van der Waals surface area contributed by atoms with Gasteiger partial charge in [-0.3, -0.25) is 4.79 Å². The van der Waals surface area contributed by atoms with Crippen molar-refractivity contribution in [2.45, 2.75) is 19.8 Å². The van der Waals surface area contributed by atoms with Crippen molar-refractivity contribution in [2.24, 2.45) is 5.92 Å². The smallest absolute Gasteiger partial charge is 0.253 e. The third-order valence-electron chi connectivity index (χ3n) is 4.12. The van der Waals surface area contributed by atoms with Crippen molar-refractivity contribution in [1.82, 2.24) is 4.90 Å². The zero-order chi connectivity index (χ0) is 14.1. The van der Waals surface area contributed by atoms with Crippen LogP contribution in [0.5, 0.6) is 0 Å². The maximum atomic E-state index is 12.5. The summed E-state index contributed by atoms with van der Waals surface area (Å²) in [6.07, 6.45) is 2.23. The Morgan fingerprint density at radius 1 is 1.10 bits per heavy atom. The molecule has 0 aliphatic carbocycles. The van der Waals surface area contributed by atoms with E-state index in [1.165, 1.54) is 0 Å². The first-order valence-electron chi connectivity index (χ1n) is 7.12. The molecule has 0 aromatic heterocycles. The second-order valence-corrected chi connectivity index (χ2v) is 6.60. The molecule has 2 aromatic carbocycles. The average Bonchev–Trinajstić information content (AvgIpc) is 2.47. The summed E-state index contributed by atoms with van der Waals surface area (Å²) in [5.41, 5.74) is 0.800. The second kappa shape index (κ2) is 5.57. The molecule has 0 radical (unpaired) electrons. The van der Waals surface area contributed by atoms with E-state index in [4.69, 9.17) is 0 Å². The van der Waals surface area contributed by atoms with Crippen LogP contribution in [0.15, 0.2) is 40.9 Å². The van der Waals surface area contributed by atoms with E-state index in [-0.39, 0.29) is 5.91 Å². The zero-order valence-electron chi connectivity index (χ0n) is 11.6. The predicted octanol–water partition coefficient (Wildman–Crippen LogP) is 4.47. The van der Waals surface area contributed by atoms with Crippen molar-refractivity contribution >= 4 is 32.6 Å². The fraction of sp³-hybridized carbons (Fsp3) is 0.353. The molecule has 0 unspecified atom stereocenters. The highest BCUT2D eigenvalue weighted by molar-refractivity contribution is 9.10. The van der Waals surface area contributed by atoms with E-state index in [0.29, 0.717) is 0 Å². The van der Waals surface area contributed by atoms with Gasteiger partial charge >= 0.3 is 0 Å². The molecular formula is C17H18BrNO. The molecule has 2 nitrogen and oxygen atoms in total. The number of fused-ring (bicyclic) bond motifs is 1. The van der Waals surface area contributed by atoms with Gasteiger partial charge in [-0.1, -0.05) is 35.0 Å². The first kappa shape index (κ1) is 13.6. The lowest BCUT2D eigenvalue weighted by atomic mass is 9.98. The van der Waals surface area contributed by atoms with Crippen molar-refractivity contribution < 1.29 is 4.79 Å². The number of hydrogen-bond acceptors (Lipinski definition) is 1. The van der Waals surface area contributed by atoms with Crippen LogP contribution in [0.3, 0.4) is 0 Å². The molecule has 0 atom stereocenters. The van der Waals surface area contributed by atoms with Gasteiger partial charge in [0.2, 0.25) is 0 Å². The molecule has 0 N–H and O–H groups in total. The fourth-order valence-corrected chi connectivity index (χ4v) is 3.12. The maximum absolute atomic E-state index is 12.5. The summed E-state index contributed by atoms with van der Waals surface area (Å²) in [4.78, 5) is 14.5. The van der Waals surface area contributed by atoms with Gasteiger partial charge in [-0.05, 0) is 53.8 Å². The highest BCUT2D eigenvalue weighted by atomic mass is 79.9. The van der Waals surface area contributed by atoms with Gasteiger partial charge in [-0.2, -0.15) is 0 Å². The summed E-state index contributed by atoms with van der Waals surface area (Å²) in [5, 5.41) is 2.27. The van der Waals surface area contributed by atoms with Crippen LogP contribution in [-0.4, -0.2) is 23.9 Å². The van der Waals surface area contributed by atoms with E-state index >= 15 is 0 Å². The third kappa shape index (κ3) is 2.73. The van der Waals surface area contributed by atoms with Crippen LogP contribution < -0.4 is 0 Å². The monoisotopic (exact) mass is 331 g/mol. The van der Waals surface area contributed by atoms with Gasteiger partial charge in [0.15, 0.2) is 0 Å². The Kier molecular flexibility index (Phi) is 3.79. The summed E-state index contributed by atoms with van der Waals surface area (Å²) in [7, 11) is 0. The topological polar surface area (TPSA) is 20.3 Å². The number of amides is 1. The summed E-state index contributed by atoms with van der Waals surface area (Å²) >= 11 is 3.47. The van der Waals surface area contributed by atoms with Crippen LogP contribution in [0.25, 0.3) is 10.8 Å². The first-order chi connectivity index (χ1) is 9.63. The molecule has 3 heteroatoms. The molecule has 0 bridgehead atoms. The van der Waals surface area contributed by atoms with Crippen molar-refractivity contribution in [3.8, 4) is 0 Å². The molecule has 1 amide bonds. The van der Waals surface area contributed by atoms with Crippen LogP contribution in [0, 0.1) is 5.92 Å². The molecule has 1 saturated heterocycles. The lowest BCUT2D eigenvalue weighted by Gasteiger charge is -2.30. The number of likely N-dealkylation sites (tertiary alicyclic amines) is 1. The van der Waals surface area contributed by atoms with E-state index in [2.05, 4.69) is 35.0 Å². The van der Waals surface area contributed by atoms with Gasteiger partial charge in [0.25, 0.3) is 5.91 Å². The minimum atomic E-state index is 0.168. The third-order valence-corrected chi connectivity index (χ3v) is 4.61. The molecule has 0 spiro atoms. The molecule has 20 heavy (non-hydrogen) atoms.